The molecule has 3 aromatic rings. The molecule has 0 N–H and O–H groups in total. The van der Waals surface area contributed by atoms with Crippen LogP contribution in [-0.2, 0) is 0 Å². The van der Waals surface area contributed by atoms with Gasteiger partial charge in [0.05, 0.1) is 7.11 Å². The third-order valence-corrected chi connectivity index (χ3v) is 5.22. The van der Waals surface area contributed by atoms with Gasteiger partial charge in [-0.3, -0.25) is 0 Å². The van der Waals surface area contributed by atoms with E-state index in [1.807, 2.05) is 48.5 Å². The fourth-order valence-corrected chi connectivity index (χ4v) is 3.96. The molecule has 24 heavy (non-hydrogen) atoms. The summed E-state index contributed by atoms with van der Waals surface area (Å²) in [5.41, 5.74) is 4.54. The summed E-state index contributed by atoms with van der Waals surface area (Å²) in [6.45, 7) is 0. The normalized spacial score (nSPS) is 12.8. The maximum atomic E-state index is 6.20. The van der Waals surface area contributed by atoms with Crippen molar-refractivity contribution in [2.75, 3.05) is 7.11 Å². The number of halogens is 1. The Morgan fingerprint density at radius 1 is 0.750 bits per heavy atom. The Morgan fingerprint density at radius 2 is 1.33 bits per heavy atom. The summed E-state index contributed by atoms with van der Waals surface area (Å²) in [6, 6.07) is 24.5. The first kappa shape index (κ1) is 15.3. The Morgan fingerprint density at radius 3 is 2.00 bits per heavy atom. The van der Waals surface area contributed by atoms with Crippen LogP contribution in [0.15, 0.2) is 72.8 Å². The van der Waals surface area contributed by atoms with Gasteiger partial charge in [-0.05, 0) is 52.4 Å². The average Bonchev–Trinajstić information content (AvgIpc) is 2.76. The lowest BCUT2D eigenvalue weighted by Gasteiger charge is -2.12. The van der Waals surface area contributed by atoms with Gasteiger partial charge in [0.2, 0.25) is 0 Å². The molecule has 118 valence electrons. The Hall–Kier alpha value is -2.27. The van der Waals surface area contributed by atoms with Crippen LogP contribution in [0.1, 0.15) is 16.7 Å². The number of rotatable bonds is 2. The van der Waals surface area contributed by atoms with E-state index >= 15 is 0 Å². The Balaban J connectivity index is 2.00. The molecule has 0 saturated carbocycles. The minimum atomic E-state index is 0.855. The first-order valence-corrected chi connectivity index (χ1v) is 8.76. The second kappa shape index (κ2) is 6.32. The Labute approximate surface area is 154 Å². The van der Waals surface area contributed by atoms with Crippen molar-refractivity contribution < 1.29 is 9.47 Å². The van der Waals surface area contributed by atoms with Crippen LogP contribution in [-0.4, -0.2) is 7.11 Å². The van der Waals surface area contributed by atoms with E-state index in [9.17, 15) is 0 Å². The maximum absolute atomic E-state index is 6.20. The molecule has 0 amide bonds. The molecule has 0 spiro atoms. The standard InChI is InChI=1S/C21H15IO2/c1-23-15-12-10-14(11-13-15)20-16-6-2-4-8-18(16)24-19-9-5-3-7-17(19)21(20)22/h2-13H,1H3. The van der Waals surface area contributed by atoms with Crippen LogP contribution < -0.4 is 9.47 Å². The maximum Gasteiger partial charge on any atom is 0.135 e. The molecule has 3 aromatic carbocycles. The summed E-state index contributed by atoms with van der Waals surface area (Å²) >= 11 is 2.42. The number of ether oxygens (including phenoxy) is 2. The first-order valence-electron chi connectivity index (χ1n) is 7.69. The van der Waals surface area contributed by atoms with Gasteiger partial charge in [-0.25, -0.2) is 0 Å². The molecule has 0 saturated heterocycles. The second-order valence-electron chi connectivity index (χ2n) is 5.51. The predicted molar refractivity (Wildman–Crippen MR) is 106 cm³/mol. The molecule has 0 aliphatic carbocycles. The predicted octanol–water partition coefficient (Wildman–Crippen LogP) is 6.15. The van der Waals surface area contributed by atoms with E-state index in [1.54, 1.807) is 7.11 Å². The molecule has 0 bridgehead atoms. The molecular weight excluding hydrogens is 411 g/mol. The summed E-state index contributed by atoms with van der Waals surface area (Å²) in [6.07, 6.45) is 0. The Kier molecular flexibility index (Phi) is 4.02. The van der Waals surface area contributed by atoms with Crippen LogP contribution in [0.2, 0.25) is 0 Å². The highest BCUT2D eigenvalue weighted by Gasteiger charge is 2.22. The molecule has 0 aromatic heterocycles. The summed E-state index contributed by atoms with van der Waals surface area (Å²) in [5, 5.41) is 0. The zero-order chi connectivity index (χ0) is 16.5. The number of methoxy groups -OCH3 is 1. The van der Waals surface area contributed by atoms with Gasteiger partial charge in [0.25, 0.3) is 0 Å². The summed E-state index contributed by atoms with van der Waals surface area (Å²) in [5.74, 6) is 2.62. The SMILES string of the molecule is COc1ccc(C2=C(I)c3ccccc3Oc3ccccc32)cc1. The molecule has 1 aliphatic rings. The van der Waals surface area contributed by atoms with Crippen molar-refractivity contribution in [3.05, 3.63) is 89.5 Å². The zero-order valence-corrected chi connectivity index (χ0v) is 15.3. The van der Waals surface area contributed by atoms with Crippen molar-refractivity contribution >= 4 is 31.7 Å². The third kappa shape index (κ3) is 2.59. The first-order chi connectivity index (χ1) is 11.8. The lowest BCUT2D eigenvalue weighted by molar-refractivity contribution is 0.415. The minimum absolute atomic E-state index is 0.855. The number of fused-ring (bicyclic) bond motifs is 2. The van der Waals surface area contributed by atoms with E-state index in [4.69, 9.17) is 9.47 Å². The highest BCUT2D eigenvalue weighted by atomic mass is 127. The fraction of sp³-hybridized carbons (Fsp3) is 0.0476. The van der Waals surface area contributed by atoms with Crippen molar-refractivity contribution in [2.24, 2.45) is 0 Å². The molecule has 1 aliphatic heterocycles. The van der Waals surface area contributed by atoms with E-state index in [2.05, 4.69) is 46.9 Å². The molecule has 4 rings (SSSR count). The fourth-order valence-electron chi connectivity index (χ4n) is 2.91. The zero-order valence-electron chi connectivity index (χ0n) is 13.1. The van der Waals surface area contributed by atoms with Crippen molar-refractivity contribution in [3.63, 3.8) is 0 Å². The van der Waals surface area contributed by atoms with Gasteiger partial charge in [-0.2, -0.15) is 0 Å². The largest absolute Gasteiger partial charge is 0.497 e. The highest BCUT2D eigenvalue weighted by Crippen LogP contribution is 2.47. The van der Waals surface area contributed by atoms with E-state index in [1.165, 1.54) is 9.15 Å². The smallest absolute Gasteiger partial charge is 0.135 e. The quantitative estimate of drug-likeness (QED) is 0.458. The monoisotopic (exact) mass is 426 g/mol. The van der Waals surface area contributed by atoms with Gasteiger partial charge in [0.1, 0.15) is 17.2 Å². The summed E-state index contributed by atoms with van der Waals surface area (Å²) < 4.78 is 12.7. The van der Waals surface area contributed by atoms with Crippen LogP contribution in [0.3, 0.4) is 0 Å². The van der Waals surface area contributed by atoms with Crippen LogP contribution in [0.4, 0.5) is 0 Å². The van der Waals surface area contributed by atoms with Gasteiger partial charge in [0.15, 0.2) is 0 Å². The van der Waals surface area contributed by atoms with Crippen molar-refractivity contribution in [1.29, 1.82) is 0 Å². The summed E-state index contributed by atoms with van der Waals surface area (Å²) in [7, 11) is 1.68. The van der Waals surface area contributed by atoms with E-state index in [0.717, 1.165) is 33.9 Å². The molecule has 0 radical (unpaired) electrons. The number of para-hydroxylation sites is 2. The second-order valence-corrected chi connectivity index (χ2v) is 6.59. The number of hydrogen-bond acceptors (Lipinski definition) is 2. The van der Waals surface area contributed by atoms with Gasteiger partial charge in [-0.15, -0.1) is 0 Å². The van der Waals surface area contributed by atoms with Crippen LogP contribution in [0, 0.1) is 0 Å². The van der Waals surface area contributed by atoms with Crippen LogP contribution in [0.25, 0.3) is 9.15 Å². The van der Waals surface area contributed by atoms with E-state index in [0.29, 0.717) is 0 Å². The number of hydrogen-bond donors (Lipinski definition) is 0. The molecule has 3 heteroatoms. The van der Waals surface area contributed by atoms with Crippen LogP contribution >= 0.6 is 22.6 Å². The molecule has 1 heterocycles. The molecule has 2 nitrogen and oxygen atoms in total. The lowest BCUT2D eigenvalue weighted by atomic mass is 9.95. The summed E-state index contributed by atoms with van der Waals surface area (Å²) in [4.78, 5) is 0. The Bertz CT molecular complexity index is 927. The topological polar surface area (TPSA) is 18.5 Å². The average molecular weight is 426 g/mol. The van der Waals surface area contributed by atoms with Crippen LogP contribution in [0.5, 0.6) is 17.2 Å². The van der Waals surface area contributed by atoms with Gasteiger partial charge in [0, 0.05) is 20.3 Å². The van der Waals surface area contributed by atoms with Gasteiger partial charge >= 0.3 is 0 Å². The van der Waals surface area contributed by atoms with Gasteiger partial charge < -0.3 is 9.47 Å². The van der Waals surface area contributed by atoms with Gasteiger partial charge in [-0.1, -0.05) is 48.5 Å². The van der Waals surface area contributed by atoms with Crippen molar-refractivity contribution in [3.8, 4) is 17.2 Å². The van der Waals surface area contributed by atoms with E-state index < -0.39 is 0 Å². The third-order valence-electron chi connectivity index (χ3n) is 4.10. The molecule has 0 fully saturated rings. The molecule has 0 atom stereocenters. The molecule has 0 unspecified atom stereocenters. The van der Waals surface area contributed by atoms with E-state index in [-0.39, 0.29) is 0 Å². The minimum Gasteiger partial charge on any atom is -0.497 e. The number of benzene rings is 3. The highest BCUT2D eigenvalue weighted by molar-refractivity contribution is 14.1. The van der Waals surface area contributed by atoms with Crippen molar-refractivity contribution in [1.82, 2.24) is 0 Å². The van der Waals surface area contributed by atoms with Crippen molar-refractivity contribution in [2.45, 2.75) is 0 Å². The lowest BCUT2D eigenvalue weighted by Crippen LogP contribution is -1.91. The molecular formula is C21H15IO2.